The van der Waals surface area contributed by atoms with E-state index in [-0.39, 0.29) is 41.8 Å². The van der Waals surface area contributed by atoms with E-state index < -0.39 is 23.3 Å². The van der Waals surface area contributed by atoms with E-state index in [1.54, 1.807) is 19.4 Å². The van der Waals surface area contributed by atoms with Crippen LogP contribution in [0.3, 0.4) is 0 Å². The Kier molecular flexibility index (Phi) is 6.87. The standard InChI is InChI=1S/C26H29FN6O5/c1-4-18-22-21(25(36)38-5-2)29-13-32(22)19-12-28-26(31-23(19)33(18)14-8-6-7-9-14)30-17-11-16(27)15(24(34)35)10-20(17)37-3/h10-14,18H,4-9H2,1-3H3,(H,34,35)(H,28,30,31). The number of esters is 1. The van der Waals surface area contributed by atoms with Crippen LogP contribution in [0.25, 0.3) is 5.69 Å². The fourth-order valence-corrected chi connectivity index (χ4v) is 5.40. The van der Waals surface area contributed by atoms with Crippen molar-refractivity contribution in [2.24, 2.45) is 0 Å². The Morgan fingerprint density at radius 2 is 1.97 bits per heavy atom. The molecule has 0 amide bonds. The first-order valence-corrected chi connectivity index (χ1v) is 12.7. The molecule has 3 heterocycles. The second kappa shape index (κ2) is 10.3. The van der Waals surface area contributed by atoms with E-state index in [9.17, 15) is 19.1 Å². The Morgan fingerprint density at radius 1 is 1.21 bits per heavy atom. The first-order chi connectivity index (χ1) is 18.4. The van der Waals surface area contributed by atoms with Gasteiger partial charge in [-0.25, -0.2) is 23.9 Å². The van der Waals surface area contributed by atoms with Crippen LogP contribution in [-0.2, 0) is 4.74 Å². The summed E-state index contributed by atoms with van der Waals surface area (Å²) in [5, 5.41) is 12.2. The first-order valence-electron chi connectivity index (χ1n) is 12.7. The number of anilines is 3. The molecule has 1 unspecified atom stereocenters. The molecule has 2 aliphatic rings. The number of imidazole rings is 1. The van der Waals surface area contributed by atoms with Gasteiger partial charge in [0, 0.05) is 12.1 Å². The van der Waals surface area contributed by atoms with Crippen molar-refractivity contribution in [1.82, 2.24) is 19.5 Å². The lowest BCUT2D eigenvalue weighted by atomic mass is 10.00. The van der Waals surface area contributed by atoms with Gasteiger partial charge >= 0.3 is 11.9 Å². The van der Waals surface area contributed by atoms with Crippen LogP contribution in [0.15, 0.2) is 24.7 Å². The van der Waals surface area contributed by atoms with Crippen molar-refractivity contribution < 1.29 is 28.6 Å². The summed E-state index contributed by atoms with van der Waals surface area (Å²) in [6.07, 6.45) is 8.10. The molecule has 0 saturated heterocycles. The predicted molar refractivity (Wildman–Crippen MR) is 136 cm³/mol. The van der Waals surface area contributed by atoms with Crippen molar-refractivity contribution in [2.75, 3.05) is 23.9 Å². The minimum atomic E-state index is -1.39. The minimum Gasteiger partial charge on any atom is -0.495 e. The number of halogens is 1. The van der Waals surface area contributed by atoms with Crippen molar-refractivity contribution in [3.63, 3.8) is 0 Å². The van der Waals surface area contributed by atoms with Crippen LogP contribution < -0.4 is 15.0 Å². The van der Waals surface area contributed by atoms with E-state index in [0.29, 0.717) is 17.9 Å². The molecule has 0 spiro atoms. The lowest BCUT2D eigenvalue weighted by Crippen LogP contribution is -2.42. The number of fused-ring (bicyclic) bond motifs is 3. The summed E-state index contributed by atoms with van der Waals surface area (Å²) in [6.45, 7) is 4.07. The number of aromatic nitrogens is 4. The molecule has 38 heavy (non-hydrogen) atoms. The number of benzene rings is 1. The summed E-state index contributed by atoms with van der Waals surface area (Å²) < 4.78 is 26.9. The lowest BCUT2D eigenvalue weighted by Gasteiger charge is -2.42. The van der Waals surface area contributed by atoms with E-state index in [1.165, 1.54) is 7.11 Å². The van der Waals surface area contributed by atoms with Gasteiger partial charge in [0.25, 0.3) is 0 Å². The third kappa shape index (κ3) is 4.29. The zero-order valence-electron chi connectivity index (χ0n) is 21.4. The Labute approximate surface area is 218 Å². The molecule has 1 aliphatic carbocycles. The zero-order valence-corrected chi connectivity index (χ0v) is 21.4. The van der Waals surface area contributed by atoms with Crippen LogP contribution in [0, 0.1) is 5.82 Å². The summed E-state index contributed by atoms with van der Waals surface area (Å²) >= 11 is 0. The second-order valence-corrected chi connectivity index (χ2v) is 9.20. The second-order valence-electron chi connectivity index (χ2n) is 9.20. The molecule has 1 aliphatic heterocycles. The molecule has 200 valence electrons. The fraction of sp³-hybridized carbons (Fsp3) is 0.423. The maximum absolute atomic E-state index is 14.5. The Hall–Kier alpha value is -4.22. The number of carboxylic acids is 1. The molecule has 1 fully saturated rings. The van der Waals surface area contributed by atoms with Crippen LogP contribution in [0.5, 0.6) is 5.75 Å². The number of nitrogens with one attached hydrogen (secondary N) is 1. The van der Waals surface area contributed by atoms with Gasteiger partial charge in [-0.2, -0.15) is 4.98 Å². The Morgan fingerprint density at radius 3 is 2.63 bits per heavy atom. The van der Waals surface area contributed by atoms with Crippen LogP contribution >= 0.6 is 0 Å². The lowest BCUT2D eigenvalue weighted by molar-refractivity contribution is 0.0517. The number of rotatable bonds is 8. The average molecular weight is 525 g/mol. The predicted octanol–water partition coefficient (Wildman–Crippen LogP) is 4.64. The highest BCUT2D eigenvalue weighted by Gasteiger charge is 2.40. The van der Waals surface area contributed by atoms with Crippen LogP contribution in [0.2, 0.25) is 0 Å². The monoisotopic (exact) mass is 524 g/mol. The maximum Gasteiger partial charge on any atom is 0.358 e. The van der Waals surface area contributed by atoms with Crippen molar-refractivity contribution in [3.8, 4) is 11.4 Å². The van der Waals surface area contributed by atoms with Gasteiger partial charge in [-0.3, -0.25) is 4.57 Å². The summed E-state index contributed by atoms with van der Waals surface area (Å²) in [5.74, 6) is -1.77. The number of hydrogen-bond acceptors (Lipinski definition) is 9. The third-order valence-electron chi connectivity index (χ3n) is 7.05. The maximum atomic E-state index is 14.5. The van der Waals surface area contributed by atoms with Crippen LogP contribution in [0.4, 0.5) is 21.8 Å². The van der Waals surface area contributed by atoms with Crippen molar-refractivity contribution >= 4 is 29.4 Å². The van der Waals surface area contributed by atoms with Crippen molar-refractivity contribution in [3.05, 3.63) is 47.4 Å². The molecule has 5 rings (SSSR count). The van der Waals surface area contributed by atoms with E-state index >= 15 is 0 Å². The van der Waals surface area contributed by atoms with Crippen molar-refractivity contribution in [2.45, 2.75) is 58.0 Å². The van der Waals surface area contributed by atoms with Gasteiger partial charge in [-0.05, 0) is 32.3 Å². The molecule has 11 nitrogen and oxygen atoms in total. The van der Waals surface area contributed by atoms with Crippen molar-refractivity contribution in [1.29, 1.82) is 0 Å². The van der Waals surface area contributed by atoms with Gasteiger partial charge in [-0.1, -0.05) is 19.8 Å². The number of nitrogens with zero attached hydrogens (tertiary/aromatic N) is 5. The summed E-state index contributed by atoms with van der Waals surface area (Å²) in [6, 6.07) is 2.21. The molecule has 12 heteroatoms. The third-order valence-corrected chi connectivity index (χ3v) is 7.05. The molecule has 2 aromatic heterocycles. The normalized spacial score (nSPS) is 16.6. The number of aromatic carboxylic acids is 1. The minimum absolute atomic E-state index is 0.139. The molecule has 2 N–H and O–H groups in total. The molecule has 0 bridgehead atoms. The quantitative estimate of drug-likeness (QED) is 0.402. The molecule has 1 saturated carbocycles. The highest BCUT2D eigenvalue weighted by atomic mass is 19.1. The van der Waals surface area contributed by atoms with E-state index in [0.717, 1.165) is 43.5 Å². The SMILES string of the molecule is CCOC(=O)c1ncn2c1C(CC)N(C1CCCC1)c1nc(Nc3cc(F)c(C(=O)O)cc3OC)ncc1-2. The van der Waals surface area contributed by atoms with E-state index in [2.05, 4.69) is 27.1 Å². The summed E-state index contributed by atoms with van der Waals surface area (Å²) in [7, 11) is 1.37. The number of methoxy groups -OCH3 is 1. The largest absolute Gasteiger partial charge is 0.495 e. The van der Waals surface area contributed by atoms with E-state index in [4.69, 9.17) is 14.5 Å². The van der Waals surface area contributed by atoms with Gasteiger partial charge < -0.3 is 24.8 Å². The summed E-state index contributed by atoms with van der Waals surface area (Å²) in [5.41, 5.74) is 1.40. The topological polar surface area (TPSA) is 132 Å². The molecular formula is C26H29FN6O5. The van der Waals surface area contributed by atoms with Gasteiger partial charge in [0.15, 0.2) is 11.5 Å². The van der Waals surface area contributed by atoms with Crippen LogP contribution in [0.1, 0.15) is 78.5 Å². The smallest absolute Gasteiger partial charge is 0.358 e. The van der Waals surface area contributed by atoms with Gasteiger partial charge in [0.05, 0.1) is 42.9 Å². The number of hydrogen-bond donors (Lipinski definition) is 2. The molecule has 1 atom stereocenters. The number of ether oxygens (including phenoxy) is 2. The number of carbonyl (C=O) groups excluding carboxylic acids is 1. The Bertz CT molecular complexity index is 1390. The molecule has 3 aromatic rings. The molecule has 1 aromatic carbocycles. The van der Waals surface area contributed by atoms with E-state index in [1.807, 2.05) is 4.57 Å². The van der Waals surface area contributed by atoms with Gasteiger partial charge in [-0.15, -0.1) is 0 Å². The number of carboxylic acid groups (broad SMARTS) is 1. The highest BCUT2D eigenvalue weighted by Crippen LogP contribution is 2.45. The van der Waals surface area contributed by atoms with Gasteiger partial charge in [0.2, 0.25) is 5.95 Å². The molecule has 0 radical (unpaired) electrons. The number of carbonyl (C=O) groups is 2. The van der Waals surface area contributed by atoms with Crippen LogP contribution in [-0.4, -0.2) is 56.3 Å². The zero-order chi connectivity index (χ0) is 27.0. The Balaban J connectivity index is 1.61. The van der Waals surface area contributed by atoms with Gasteiger partial charge in [0.1, 0.15) is 23.6 Å². The molecular weight excluding hydrogens is 495 g/mol. The summed E-state index contributed by atoms with van der Waals surface area (Å²) in [4.78, 5) is 40.0. The fourth-order valence-electron chi connectivity index (χ4n) is 5.40. The highest BCUT2D eigenvalue weighted by molar-refractivity contribution is 5.90. The first kappa shape index (κ1) is 25.4. The average Bonchev–Trinajstić information content (AvgIpc) is 3.58.